The van der Waals surface area contributed by atoms with E-state index in [0.29, 0.717) is 0 Å². The first-order chi connectivity index (χ1) is 7.76. The smallest absolute Gasteiger partial charge is 0.131 e. The third kappa shape index (κ3) is 2.14. The number of aromatic nitrogens is 2. The predicted molar refractivity (Wildman–Crippen MR) is 68.1 cm³/mol. The van der Waals surface area contributed by atoms with Crippen LogP contribution in [0.5, 0.6) is 0 Å². The monoisotopic (exact) mass is 255 g/mol. The van der Waals surface area contributed by atoms with Crippen LogP contribution in [-0.2, 0) is 6.54 Å². The minimum atomic E-state index is 0.118. The van der Waals surface area contributed by atoms with Crippen molar-refractivity contribution >= 4 is 22.9 Å². The second kappa shape index (κ2) is 4.99. The number of hydrogen-bond donors (Lipinski definition) is 1. The zero-order valence-corrected chi connectivity index (χ0v) is 10.8. The second-order valence-corrected chi connectivity index (χ2v) is 5.18. The Morgan fingerprint density at radius 3 is 2.94 bits per heavy atom. The van der Waals surface area contributed by atoms with Crippen LogP contribution in [0.3, 0.4) is 0 Å². The van der Waals surface area contributed by atoms with E-state index in [1.165, 1.54) is 4.88 Å². The van der Waals surface area contributed by atoms with Crippen molar-refractivity contribution in [1.82, 2.24) is 14.9 Å². The molecule has 0 saturated heterocycles. The van der Waals surface area contributed by atoms with Gasteiger partial charge in [-0.25, -0.2) is 4.98 Å². The Labute approximate surface area is 104 Å². The van der Waals surface area contributed by atoms with Crippen molar-refractivity contribution in [2.45, 2.75) is 19.5 Å². The van der Waals surface area contributed by atoms with Crippen molar-refractivity contribution < 1.29 is 0 Å². The first-order valence-corrected chi connectivity index (χ1v) is 6.39. The molecule has 2 aromatic heterocycles. The Balaban J connectivity index is 2.36. The van der Waals surface area contributed by atoms with Crippen LogP contribution in [-0.4, -0.2) is 16.6 Å². The topological polar surface area (TPSA) is 29.9 Å². The lowest BCUT2D eigenvalue weighted by Gasteiger charge is -2.15. The molecular weight excluding hydrogens is 242 g/mol. The highest BCUT2D eigenvalue weighted by molar-refractivity contribution is 7.16. The van der Waals surface area contributed by atoms with Gasteiger partial charge in [-0.05, 0) is 26.1 Å². The Morgan fingerprint density at radius 2 is 2.38 bits per heavy atom. The van der Waals surface area contributed by atoms with E-state index in [2.05, 4.69) is 21.8 Å². The van der Waals surface area contributed by atoms with E-state index in [9.17, 15) is 0 Å². The standard InChI is InChI=1S/C11H14ClN3S/c1-3-15-7-6-14-11(15)10(13-2)8-4-5-9(12)16-8/h4-7,10,13H,3H2,1-2H3. The molecule has 3 nitrogen and oxygen atoms in total. The van der Waals surface area contributed by atoms with Gasteiger partial charge in [0.1, 0.15) is 11.9 Å². The molecule has 0 spiro atoms. The quantitative estimate of drug-likeness (QED) is 0.911. The number of imidazole rings is 1. The largest absolute Gasteiger partial charge is 0.334 e. The molecule has 1 N–H and O–H groups in total. The highest BCUT2D eigenvalue weighted by Gasteiger charge is 2.18. The fourth-order valence-corrected chi connectivity index (χ4v) is 2.90. The SMILES string of the molecule is CCn1ccnc1C(NC)c1ccc(Cl)s1. The van der Waals surface area contributed by atoms with E-state index in [-0.39, 0.29) is 6.04 Å². The number of halogens is 1. The number of nitrogens with one attached hydrogen (secondary N) is 1. The minimum Gasteiger partial charge on any atom is -0.334 e. The van der Waals surface area contributed by atoms with Gasteiger partial charge in [0.05, 0.1) is 4.34 Å². The molecule has 0 aromatic carbocycles. The maximum Gasteiger partial charge on any atom is 0.131 e. The molecule has 86 valence electrons. The third-order valence-electron chi connectivity index (χ3n) is 2.51. The summed E-state index contributed by atoms with van der Waals surface area (Å²) in [7, 11) is 1.94. The summed E-state index contributed by atoms with van der Waals surface area (Å²) in [4.78, 5) is 5.60. The Kier molecular flexibility index (Phi) is 3.63. The zero-order chi connectivity index (χ0) is 11.5. The number of aryl methyl sites for hydroxylation is 1. The average Bonchev–Trinajstić information content (AvgIpc) is 2.89. The van der Waals surface area contributed by atoms with Gasteiger partial charge in [0.2, 0.25) is 0 Å². The molecule has 2 rings (SSSR count). The summed E-state index contributed by atoms with van der Waals surface area (Å²) in [5, 5.41) is 3.28. The summed E-state index contributed by atoms with van der Waals surface area (Å²) in [6, 6.07) is 4.08. The van der Waals surface area contributed by atoms with E-state index >= 15 is 0 Å². The molecule has 0 fully saturated rings. The highest BCUT2D eigenvalue weighted by Crippen LogP contribution is 2.30. The molecular formula is C11H14ClN3S. The van der Waals surface area contributed by atoms with Gasteiger partial charge < -0.3 is 9.88 Å². The summed E-state index contributed by atoms with van der Waals surface area (Å²) in [5.74, 6) is 1.03. The van der Waals surface area contributed by atoms with Gasteiger partial charge in [-0.15, -0.1) is 11.3 Å². The molecule has 1 unspecified atom stereocenters. The van der Waals surface area contributed by atoms with E-state index < -0.39 is 0 Å². The minimum absolute atomic E-state index is 0.118. The van der Waals surface area contributed by atoms with Crippen LogP contribution in [0.4, 0.5) is 0 Å². The van der Waals surface area contributed by atoms with Crippen molar-refractivity contribution in [3.63, 3.8) is 0 Å². The van der Waals surface area contributed by atoms with Crippen LogP contribution < -0.4 is 5.32 Å². The lowest BCUT2D eigenvalue weighted by atomic mass is 10.2. The first-order valence-electron chi connectivity index (χ1n) is 5.19. The van der Waals surface area contributed by atoms with E-state index in [0.717, 1.165) is 16.7 Å². The molecule has 0 saturated carbocycles. The number of hydrogen-bond acceptors (Lipinski definition) is 3. The average molecular weight is 256 g/mol. The zero-order valence-electron chi connectivity index (χ0n) is 9.27. The van der Waals surface area contributed by atoms with Gasteiger partial charge in [-0.3, -0.25) is 0 Å². The summed E-state index contributed by atoms with van der Waals surface area (Å²) >= 11 is 7.55. The summed E-state index contributed by atoms with van der Waals surface area (Å²) in [6.45, 7) is 3.03. The van der Waals surface area contributed by atoms with Crippen molar-refractivity contribution in [1.29, 1.82) is 0 Å². The van der Waals surface area contributed by atoms with Gasteiger partial charge in [-0.1, -0.05) is 11.6 Å². The first kappa shape index (κ1) is 11.6. The Bertz CT molecular complexity index is 463. The molecule has 0 radical (unpaired) electrons. The van der Waals surface area contributed by atoms with Crippen LogP contribution in [0, 0.1) is 0 Å². The van der Waals surface area contributed by atoms with Crippen LogP contribution in [0.15, 0.2) is 24.5 Å². The third-order valence-corrected chi connectivity index (χ3v) is 3.81. The molecule has 0 amide bonds. The molecule has 0 aliphatic heterocycles. The second-order valence-electron chi connectivity index (χ2n) is 3.44. The molecule has 2 aromatic rings. The predicted octanol–water partition coefficient (Wildman–Crippen LogP) is 2.93. The van der Waals surface area contributed by atoms with E-state index in [1.54, 1.807) is 11.3 Å². The van der Waals surface area contributed by atoms with Crippen molar-refractivity contribution in [3.8, 4) is 0 Å². The van der Waals surface area contributed by atoms with Gasteiger partial charge in [0, 0.05) is 23.8 Å². The number of nitrogens with zero attached hydrogens (tertiary/aromatic N) is 2. The summed E-state index contributed by atoms with van der Waals surface area (Å²) in [6.07, 6.45) is 3.83. The lowest BCUT2D eigenvalue weighted by molar-refractivity contribution is 0.597. The fraction of sp³-hybridized carbons (Fsp3) is 0.364. The molecule has 1 atom stereocenters. The van der Waals surface area contributed by atoms with Crippen molar-refractivity contribution in [2.24, 2.45) is 0 Å². The van der Waals surface area contributed by atoms with Crippen LogP contribution in [0.25, 0.3) is 0 Å². The lowest BCUT2D eigenvalue weighted by Crippen LogP contribution is -2.20. The van der Waals surface area contributed by atoms with Crippen molar-refractivity contribution in [3.05, 3.63) is 39.6 Å². The summed E-state index contributed by atoms with van der Waals surface area (Å²) in [5.41, 5.74) is 0. The molecule has 2 heterocycles. The van der Waals surface area contributed by atoms with Gasteiger partial charge in [-0.2, -0.15) is 0 Å². The summed E-state index contributed by atoms with van der Waals surface area (Å²) < 4.78 is 2.94. The van der Waals surface area contributed by atoms with Crippen LogP contribution in [0.1, 0.15) is 23.7 Å². The van der Waals surface area contributed by atoms with E-state index in [1.807, 2.05) is 31.6 Å². The maximum absolute atomic E-state index is 5.96. The molecule has 5 heteroatoms. The van der Waals surface area contributed by atoms with E-state index in [4.69, 9.17) is 11.6 Å². The van der Waals surface area contributed by atoms with Crippen molar-refractivity contribution in [2.75, 3.05) is 7.05 Å². The Morgan fingerprint density at radius 1 is 1.56 bits per heavy atom. The molecule has 16 heavy (non-hydrogen) atoms. The number of rotatable bonds is 4. The fourth-order valence-electron chi connectivity index (χ4n) is 1.73. The maximum atomic E-state index is 5.96. The van der Waals surface area contributed by atoms with Gasteiger partial charge in [0.15, 0.2) is 0 Å². The molecule has 0 aliphatic rings. The number of thiophene rings is 1. The van der Waals surface area contributed by atoms with Gasteiger partial charge >= 0.3 is 0 Å². The normalized spacial score (nSPS) is 12.9. The van der Waals surface area contributed by atoms with Crippen LogP contribution >= 0.6 is 22.9 Å². The molecule has 0 aliphatic carbocycles. The molecule has 0 bridgehead atoms. The van der Waals surface area contributed by atoms with Crippen LogP contribution in [0.2, 0.25) is 4.34 Å². The Hall–Kier alpha value is -0.840. The van der Waals surface area contributed by atoms with Gasteiger partial charge in [0.25, 0.3) is 0 Å². The highest BCUT2D eigenvalue weighted by atomic mass is 35.5.